The van der Waals surface area contributed by atoms with Crippen LogP contribution in [0.2, 0.25) is 0 Å². The molecule has 1 unspecified atom stereocenters. The van der Waals surface area contributed by atoms with Crippen LogP contribution >= 0.6 is 23.1 Å². The van der Waals surface area contributed by atoms with E-state index in [4.69, 9.17) is 0 Å². The Morgan fingerprint density at radius 1 is 1.22 bits per heavy atom. The Bertz CT molecular complexity index is 448. The van der Waals surface area contributed by atoms with Gasteiger partial charge in [0.1, 0.15) is 0 Å². The van der Waals surface area contributed by atoms with Crippen LogP contribution in [0.15, 0.2) is 50.9 Å². The summed E-state index contributed by atoms with van der Waals surface area (Å²) in [5, 5.41) is 5.63. The Morgan fingerprint density at radius 2 is 2.00 bits per heavy atom. The van der Waals surface area contributed by atoms with Crippen LogP contribution in [0.5, 0.6) is 0 Å². The lowest BCUT2D eigenvalue weighted by atomic mass is 10.1. The molecule has 0 radical (unpaired) electrons. The SMILES string of the molecule is CCCNC(C)c1ccc(Sc2cccs2)cc1. The monoisotopic (exact) mass is 277 g/mol. The lowest BCUT2D eigenvalue weighted by molar-refractivity contribution is 0.570. The third-order valence-corrected chi connectivity index (χ3v) is 4.84. The Kier molecular flexibility index (Phi) is 5.29. The maximum absolute atomic E-state index is 3.51. The first-order chi connectivity index (χ1) is 8.79. The van der Waals surface area contributed by atoms with Crippen molar-refractivity contribution in [3.63, 3.8) is 0 Å². The maximum Gasteiger partial charge on any atom is 0.0646 e. The van der Waals surface area contributed by atoms with Gasteiger partial charge in [-0.05, 0) is 49.0 Å². The summed E-state index contributed by atoms with van der Waals surface area (Å²) in [5.74, 6) is 0. The smallest absolute Gasteiger partial charge is 0.0646 e. The van der Waals surface area contributed by atoms with Crippen LogP contribution in [-0.4, -0.2) is 6.54 Å². The van der Waals surface area contributed by atoms with Gasteiger partial charge in [-0.1, -0.05) is 36.9 Å². The summed E-state index contributed by atoms with van der Waals surface area (Å²) in [7, 11) is 0. The van der Waals surface area contributed by atoms with Crippen molar-refractivity contribution in [3.05, 3.63) is 47.3 Å². The summed E-state index contributed by atoms with van der Waals surface area (Å²) in [5.41, 5.74) is 1.36. The number of nitrogens with one attached hydrogen (secondary N) is 1. The predicted molar refractivity (Wildman–Crippen MR) is 81.6 cm³/mol. The van der Waals surface area contributed by atoms with E-state index < -0.39 is 0 Å². The predicted octanol–water partition coefficient (Wildman–Crippen LogP) is 4.96. The molecule has 1 N–H and O–H groups in total. The average molecular weight is 277 g/mol. The van der Waals surface area contributed by atoms with Crippen molar-refractivity contribution in [1.29, 1.82) is 0 Å². The topological polar surface area (TPSA) is 12.0 Å². The second-order valence-electron chi connectivity index (χ2n) is 4.28. The Morgan fingerprint density at radius 3 is 2.61 bits per heavy atom. The molecule has 0 aliphatic rings. The van der Waals surface area contributed by atoms with Gasteiger partial charge in [0.2, 0.25) is 0 Å². The van der Waals surface area contributed by atoms with Crippen molar-refractivity contribution in [2.75, 3.05) is 6.54 Å². The minimum Gasteiger partial charge on any atom is -0.310 e. The fourth-order valence-corrected chi connectivity index (χ4v) is 3.49. The molecule has 3 heteroatoms. The molecular formula is C15H19NS2. The molecule has 0 fully saturated rings. The molecule has 0 bridgehead atoms. The first kappa shape index (κ1) is 13.7. The van der Waals surface area contributed by atoms with Crippen LogP contribution in [0.3, 0.4) is 0 Å². The molecule has 0 amide bonds. The standard InChI is InChI=1S/C15H19NS2/c1-3-10-16-12(2)13-6-8-14(9-7-13)18-15-5-4-11-17-15/h4-9,11-12,16H,3,10H2,1-2H3. The molecule has 0 saturated carbocycles. The third kappa shape index (κ3) is 3.87. The molecule has 0 spiro atoms. The number of thiophene rings is 1. The highest BCUT2D eigenvalue weighted by Gasteiger charge is 2.04. The van der Waals surface area contributed by atoms with Crippen molar-refractivity contribution >= 4 is 23.1 Å². The number of rotatable bonds is 6. The molecule has 0 saturated heterocycles. The van der Waals surface area contributed by atoms with Gasteiger partial charge in [-0.25, -0.2) is 0 Å². The van der Waals surface area contributed by atoms with E-state index in [1.807, 2.05) is 11.8 Å². The van der Waals surface area contributed by atoms with Gasteiger partial charge >= 0.3 is 0 Å². The highest BCUT2D eigenvalue weighted by Crippen LogP contribution is 2.31. The lowest BCUT2D eigenvalue weighted by Gasteiger charge is -2.13. The largest absolute Gasteiger partial charge is 0.310 e. The Hall–Kier alpha value is -0.770. The molecule has 0 aliphatic carbocycles. The van der Waals surface area contributed by atoms with E-state index in [0.29, 0.717) is 6.04 Å². The molecule has 0 aliphatic heterocycles. The zero-order valence-electron chi connectivity index (χ0n) is 10.8. The van der Waals surface area contributed by atoms with Crippen molar-refractivity contribution in [3.8, 4) is 0 Å². The quantitative estimate of drug-likeness (QED) is 0.801. The third-order valence-electron chi connectivity index (χ3n) is 2.79. The molecule has 1 aromatic carbocycles. The van der Waals surface area contributed by atoms with Crippen molar-refractivity contribution in [1.82, 2.24) is 5.32 Å². The zero-order chi connectivity index (χ0) is 12.8. The van der Waals surface area contributed by atoms with Crippen LogP contribution < -0.4 is 5.32 Å². The van der Waals surface area contributed by atoms with Crippen molar-refractivity contribution < 1.29 is 0 Å². The summed E-state index contributed by atoms with van der Waals surface area (Å²) in [6.07, 6.45) is 1.18. The van der Waals surface area contributed by atoms with Gasteiger partial charge in [-0.2, -0.15) is 0 Å². The second kappa shape index (κ2) is 6.98. The molecule has 1 nitrogen and oxygen atoms in total. The number of hydrogen-bond donors (Lipinski definition) is 1. The summed E-state index contributed by atoms with van der Waals surface area (Å²) >= 11 is 3.62. The molecule has 1 heterocycles. The maximum atomic E-state index is 3.51. The van der Waals surface area contributed by atoms with Gasteiger partial charge in [0.05, 0.1) is 4.21 Å². The molecular weight excluding hydrogens is 258 g/mol. The zero-order valence-corrected chi connectivity index (χ0v) is 12.5. The first-order valence-electron chi connectivity index (χ1n) is 6.34. The first-order valence-corrected chi connectivity index (χ1v) is 8.04. The van der Waals surface area contributed by atoms with Crippen LogP contribution in [0, 0.1) is 0 Å². The summed E-state index contributed by atoms with van der Waals surface area (Å²) in [6.45, 7) is 5.49. The van der Waals surface area contributed by atoms with Crippen molar-refractivity contribution in [2.24, 2.45) is 0 Å². The molecule has 2 aromatic rings. The summed E-state index contributed by atoms with van der Waals surface area (Å²) in [4.78, 5) is 1.31. The lowest BCUT2D eigenvalue weighted by Crippen LogP contribution is -2.19. The molecule has 1 atom stereocenters. The van der Waals surface area contributed by atoms with Crippen molar-refractivity contribution in [2.45, 2.75) is 35.4 Å². The van der Waals surface area contributed by atoms with E-state index in [2.05, 4.69) is 60.9 Å². The molecule has 1 aromatic heterocycles. The molecule has 96 valence electrons. The van der Waals surface area contributed by atoms with Gasteiger partial charge in [0, 0.05) is 10.9 Å². The number of benzene rings is 1. The van der Waals surface area contributed by atoms with E-state index in [-0.39, 0.29) is 0 Å². The average Bonchev–Trinajstić information content (AvgIpc) is 2.89. The van der Waals surface area contributed by atoms with Crippen LogP contribution in [0.1, 0.15) is 31.9 Å². The second-order valence-corrected chi connectivity index (χ2v) is 6.60. The number of hydrogen-bond acceptors (Lipinski definition) is 3. The minimum absolute atomic E-state index is 0.436. The van der Waals surface area contributed by atoms with E-state index in [9.17, 15) is 0 Å². The van der Waals surface area contributed by atoms with Crippen LogP contribution in [-0.2, 0) is 0 Å². The van der Waals surface area contributed by atoms with Gasteiger partial charge < -0.3 is 5.32 Å². The fraction of sp³-hybridized carbons (Fsp3) is 0.333. The Labute approximate surface area is 118 Å². The normalized spacial score (nSPS) is 12.6. The molecule has 18 heavy (non-hydrogen) atoms. The van der Waals surface area contributed by atoms with Gasteiger partial charge in [-0.15, -0.1) is 11.3 Å². The van der Waals surface area contributed by atoms with E-state index >= 15 is 0 Å². The minimum atomic E-state index is 0.436. The fourth-order valence-electron chi connectivity index (χ4n) is 1.74. The van der Waals surface area contributed by atoms with Gasteiger partial charge in [0.25, 0.3) is 0 Å². The van der Waals surface area contributed by atoms with E-state index in [1.54, 1.807) is 11.3 Å². The van der Waals surface area contributed by atoms with Crippen LogP contribution in [0.25, 0.3) is 0 Å². The van der Waals surface area contributed by atoms with E-state index in [1.165, 1.54) is 21.1 Å². The van der Waals surface area contributed by atoms with Gasteiger partial charge in [0.15, 0.2) is 0 Å². The molecule has 2 rings (SSSR count). The summed E-state index contributed by atoms with van der Waals surface area (Å²) < 4.78 is 1.35. The van der Waals surface area contributed by atoms with E-state index in [0.717, 1.165) is 6.54 Å². The summed E-state index contributed by atoms with van der Waals surface area (Å²) in [6, 6.07) is 13.6. The highest BCUT2D eigenvalue weighted by molar-refractivity contribution is 8.01. The van der Waals surface area contributed by atoms with Crippen LogP contribution in [0.4, 0.5) is 0 Å². The highest BCUT2D eigenvalue weighted by atomic mass is 32.2. The Balaban J connectivity index is 1.96. The van der Waals surface area contributed by atoms with Gasteiger partial charge in [-0.3, -0.25) is 0 Å².